The molecule has 1 aliphatic heterocycles. The normalized spacial score (nSPS) is 29.5. The van der Waals surface area contributed by atoms with Crippen LogP contribution in [0.15, 0.2) is 0 Å². The maximum atomic E-state index is 9.65. The van der Waals surface area contributed by atoms with E-state index < -0.39 is 6.10 Å². The largest absolute Gasteiger partial charge is 0.395 e. The topological polar surface area (TPSA) is 52.9 Å². The third kappa shape index (κ3) is 2.91. The maximum absolute atomic E-state index is 9.65. The Morgan fingerprint density at radius 3 is 2.85 bits per heavy atom. The highest BCUT2D eigenvalue weighted by molar-refractivity contribution is 4.81. The molecule has 4 heteroatoms. The van der Waals surface area contributed by atoms with Gasteiger partial charge in [0.25, 0.3) is 0 Å². The summed E-state index contributed by atoms with van der Waals surface area (Å²) in [4.78, 5) is 2.10. The Labute approximate surface area is 79.1 Å². The predicted octanol–water partition coefficient (Wildman–Crippen LogP) is -0.550. The van der Waals surface area contributed by atoms with Gasteiger partial charge in [-0.25, -0.2) is 0 Å². The zero-order chi connectivity index (χ0) is 9.68. The number of hydrogen-bond donors (Lipinski definition) is 2. The van der Waals surface area contributed by atoms with Crippen LogP contribution in [0.4, 0.5) is 0 Å². The number of aliphatic hydroxyl groups is 2. The lowest BCUT2D eigenvalue weighted by molar-refractivity contribution is -0.0658. The first-order chi connectivity index (χ1) is 6.29. The minimum Gasteiger partial charge on any atom is -0.395 e. The molecular weight excluding hydrogens is 170 g/mol. The minimum absolute atomic E-state index is 0.151. The molecule has 4 nitrogen and oxygen atoms in total. The molecule has 0 bridgehead atoms. The van der Waals surface area contributed by atoms with Gasteiger partial charge >= 0.3 is 0 Å². The van der Waals surface area contributed by atoms with E-state index in [-0.39, 0.29) is 12.6 Å². The fraction of sp³-hybridized carbons (Fsp3) is 1.00. The van der Waals surface area contributed by atoms with Crippen molar-refractivity contribution in [3.63, 3.8) is 0 Å². The van der Waals surface area contributed by atoms with Crippen LogP contribution in [-0.4, -0.2) is 60.2 Å². The second-order valence-electron chi connectivity index (χ2n) is 3.35. The first-order valence-corrected chi connectivity index (χ1v) is 4.90. The lowest BCUT2D eigenvalue weighted by Gasteiger charge is -2.36. The summed E-state index contributed by atoms with van der Waals surface area (Å²) in [5.74, 6) is 0. The van der Waals surface area contributed by atoms with Crippen molar-refractivity contribution in [3.8, 4) is 0 Å². The molecular formula is C9H19NO3. The third-order valence-electron chi connectivity index (χ3n) is 2.55. The Morgan fingerprint density at radius 1 is 1.54 bits per heavy atom. The van der Waals surface area contributed by atoms with Crippen LogP contribution < -0.4 is 0 Å². The zero-order valence-electron chi connectivity index (χ0n) is 8.15. The molecule has 0 aromatic heterocycles. The van der Waals surface area contributed by atoms with Crippen molar-refractivity contribution in [2.75, 3.05) is 32.9 Å². The van der Waals surface area contributed by atoms with E-state index in [2.05, 4.69) is 4.90 Å². The van der Waals surface area contributed by atoms with Gasteiger partial charge in [-0.3, -0.25) is 4.90 Å². The monoisotopic (exact) mass is 189 g/mol. The summed E-state index contributed by atoms with van der Waals surface area (Å²) in [7, 11) is 0. The highest BCUT2D eigenvalue weighted by atomic mass is 16.5. The van der Waals surface area contributed by atoms with E-state index in [0.29, 0.717) is 19.8 Å². The lowest BCUT2D eigenvalue weighted by atomic mass is 10.0. The first kappa shape index (κ1) is 10.9. The highest BCUT2D eigenvalue weighted by Gasteiger charge is 2.27. The average molecular weight is 189 g/mol. The molecule has 1 saturated heterocycles. The van der Waals surface area contributed by atoms with Gasteiger partial charge in [-0.1, -0.05) is 6.92 Å². The molecule has 0 spiro atoms. The van der Waals surface area contributed by atoms with E-state index in [9.17, 15) is 5.11 Å². The van der Waals surface area contributed by atoms with Gasteiger partial charge in [0.05, 0.1) is 19.3 Å². The number of ether oxygens (including phenoxy) is 1. The summed E-state index contributed by atoms with van der Waals surface area (Å²) in [6.45, 7) is 4.83. The molecule has 2 atom stereocenters. The molecule has 0 aromatic carbocycles. The standard InChI is InChI=1S/C9H19NO3/c1-2-10(4-5-11)8-3-6-13-7-9(8)12/h8-9,11-12H,2-7H2,1H3. The number of aliphatic hydroxyl groups excluding tert-OH is 2. The van der Waals surface area contributed by atoms with Crippen LogP contribution in [0.1, 0.15) is 13.3 Å². The SMILES string of the molecule is CCN(CCO)C1CCOCC1O. The van der Waals surface area contributed by atoms with E-state index in [1.807, 2.05) is 6.92 Å². The van der Waals surface area contributed by atoms with Crippen LogP contribution in [0.3, 0.4) is 0 Å². The van der Waals surface area contributed by atoms with Crippen LogP contribution in [0.25, 0.3) is 0 Å². The molecule has 0 aliphatic carbocycles. The van der Waals surface area contributed by atoms with Gasteiger partial charge in [-0.05, 0) is 13.0 Å². The molecule has 0 saturated carbocycles. The van der Waals surface area contributed by atoms with Crippen molar-refractivity contribution >= 4 is 0 Å². The molecule has 78 valence electrons. The Balaban J connectivity index is 2.44. The Bertz CT molecular complexity index is 143. The van der Waals surface area contributed by atoms with Crippen molar-refractivity contribution < 1.29 is 14.9 Å². The molecule has 1 heterocycles. The Kier molecular flexibility index (Phi) is 4.66. The number of likely N-dealkylation sites (N-methyl/N-ethyl adjacent to an activating group) is 1. The Morgan fingerprint density at radius 2 is 2.31 bits per heavy atom. The quantitative estimate of drug-likeness (QED) is 0.623. The summed E-state index contributed by atoms with van der Waals surface area (Å²) in [6, 6.07) is 0.158. The van der Waals surface area contributed by atoms with Crippen LogP contribution in [0.2, 0.25) is 0 Å². The van der Waals surface area contributed by atoms with Crippen LogP contribution >= 0.6 is 0 Å². The van der Waals surface area contributed by atoms with E-state index >= 15 is 0 Å². The van der Waals surface area contributed by atoms with Crippen molar-refractivity contribution in [3.05, 3.63) is 0 Å². The van der Waals surface area contributed by atoms with Crippen LogP contribution in [0, 0.1) is 0 Å². The van der Waals surface area contributed by atoms with Crippen molar-refractivity contribution in [2.45, 2.75) is 25.5 Å². The zero-order valence-corrected chi connectivity index (χ0v) is 8.15. The second kappa shape index (κ2) is 5.54. The van der Waals surface area contributed by atoms with E-state index in [1.165, 1.54) is 0 Å². The lowest BCUT2D eigenvalue weighted by Crippen LogP contribution is -2.49. The van der Waals surface area contributed by atoms with Gasteiger partial charge in [0, 0.05) is 19.2 Å². The average Bonchev–Trinajstić information content (AvgIpc) is 2.16. The Hall–Kier alpha value is -0.160. The van der Waals surface area contributed by atoms with Crippen molar-refractivity contribution in [1.82, 2.24) is 4.90 Å². The molecule has 2 unspecified atom stereocenters. The van der Waals surface area contributed by atoms with Gasteiger partial charge in [-0.2, -0.15) is 0 Å². The molecule has 0 amide bonds. The summed E-state index contributed by atoms with van der Waals surface area (Å²) in [6.07, 6.45) is 0.454. The van der Waals surface area contributed by atoms with Gasteiger partial charge in [0.2, 0.25) is 0 Å². The van der Waals surface area contributed by atoms with Crippen molar-refractivity contribution in [1.29, 1.82) is 0 Å². The van der Waals surface area contributed by atoms with Crippen molar-refractivity contribution in [2.24, 2.45) is 0 Å². The van der Waals surface area contributed by atoms with Gasteiger partial charge in [0.15, 0.2) is 0 Å². The summed E-state index contributed by atoms with van der Waals surface area (Å²) >= 11 is 0. The number of nitrogens with zero attached hydrogens (tertiary/aromatic N) is 1. The maximum Gasteiger partial charge on any atom is 0.0929 e. The fourth-order valence-corrected chi connectivity index (χ4v) is 1.82. The predicted molar refractivity (Wildman–Crippen MR) is 49.6 cm³/mol. The first-order valence-electron chi connectivity index (χ1n) is 4.90. The summed E-state index contributed by atoms with van der Waals surface area (Å²) in [5.41, 5.74) is 0. The number of rotatable bonds is 4. The summed E-state index contributed by atoms with van der Waals surface area (Å²) < 4.78 is 5.15. The fourth-order valence-electron chi connectivity index (χ4n) is 1.82. The highest BCUT2D eigenvalue weighted by Crippen LogP contribution is 2.14. The van der Waals surface area contributed by atoms with Crippen LogP contribution in [0.5, 0.6) is 0 Å². The number of hydrogen-bond acceptors (Lipinski definition) is 4. The minimum atomic E-state index is -0.403. The van der Waals surface area contributed by atoms with E-state index in [4.69, 9.17) is 9.84 Å². The van der Waals surface area contributed by atoms with Crippen LogP contribution in [-0.2, 0) is 4.74 Å². The van der Waals surface area contributed by atoms with Gasteiger partial charge in [0.1, 0.15) is 0 Å². The van der Waals surface area contributed by atoms with Gasteiger partial charge in [-0.15, -0.1) is 0 Å². The summed E-state index contributed by atoms with van der Waals surface area (Å²) in [5, 5.41) is 18.5. The van der Waals surface area contributed by atoms with E-state index in [0.717, 1.165) is 13.0 Å². The van der Waals surface area contributed by atoms with Gasteiger partial charge < -0.3 is 14.9 Å². The molecule has 1 rings (SSSR count). The smallest absolute Gasteiger partial charge is 0.0929 e. The molecule has 1 fully saturated rings. The second-order valence-corrected chi connectivity index (χ2v) is 3.35. The molecule has 13 heavy (non-hydrogen) atoms. The molecule has 2 N–H and O–H groups in total. The molecule has 0 aromatic rings. The van der Waals surface area contributed by atoms with E-state index in [1.54, 1.807) is 0 Å². The third-order valence-corrected chi connectivity index (χ3v) is 2.55. The molecule has 1 aliphatic rings. The molecule has 0 radical (unpaired) electrons.